The molecule has 1 heterocycles. The van der Waals surface area contributed by atoms with Gasteiger partial charge in [-0.1, -0.05) is 34.6 Å². The van der Waals surface area contributed by atoms with Crippen LogP contribution in [-0.4, -0.2) is 47.3 Å². The van der Waals surface area contributed by atoms with Gasteiger partial charge in [-0.2, -0.15) is 0 Å². The van der Waals surface area contributed by atoms with E-state index in [1.54, 1.807) is 6.07 Å². The van der Waals surface area contributed by atoms with E-state index < -0.39 is 18.5 Å². The summed E-state index contributed by atoms with van der Waals surface area (Å²) in [7, 11) is 0. The molecule has 3 aliphatic rings. The second-order valence-electron chi connectivity index (χ2n) is 12.1. The third-order valence-electron chi connectivity index (χ3n) is 7.47. The van der Waals surface area contributed by atoms with E-state index >= 15 is 0 Å². The third kappa shape index (κ3) is 5.42. The lowest BCUT2D eigenvalue weighted by molar-refractivity contribution is -0.139. The highest BCUT2D eigenvalue weighted by Crippen LogP contribution is 2.55. The fourth-order valence-corrected chi connectivity index (χ4v) is 6.74. The summed E-state index contributed by atoms with van der Waals surface area (Å²) in [5, 5.41) is 9.14. The summed E-state index contributed by atoms with van der Waals surface area (Å²) in [4.78, 5) is 41.2. The number of hydrogen-bond acceptors (Lipinski definition) is 6. The van der Waals surface area contributed by atoms with Gasteiger partial charge in [-0.25, -0.2) is 4.79 Å². The van der Waals surface area contributed by atoms with Crippen molar-refractivity contribution in [1.29, 1.82) is 0 Å². The first-order valence-electron chi connectivity index (χ1n) is 13.4. The van der Waals surface area contributed by atoms with E-state index in [2.05, 4.69) is 55.4 Å². The highest BCUT2D eigenvalue weighted by Gasteiger charge is 2.49. The van der Waals surface area contributed by atoms with Crippen molar-refractivity contribution in [3.8, 4) is 11.5 Å². The maximum atomic E-state index is 13.9. The van der Waals surface area contributed by atoms with Gasteiger partial charge in [0.1, 0.15) is 0 Å². The number of carbonyl (C=O) groups is 3. The van der Waals surface area contributed by atoms with Crippen LogP contribution in [-0.2, 0) is 14.4 Å². The minimum Gasteiger partial charge on any atom is -0.490 e. The van der Waals surface area contributed by atoms with Crippen LogP contribution in [0.1, 0.15) is 85.1 Å². The highest BCUT2D eigenvalue weighted by atomic mass is 79.9. The predicted molar refractivity (Wildman–Crippen MR) is 148 cm³/mol. The zero-order valence-corrected chi connectivity index (χ0v) is 24.8. The largest absolute Gasteiger partial charge is 0.490 e. The number of hydrogen-bond donors (Lipinski definition) is 1. The van der Waals surface area contributed by atoms with Gasteiger partial charge in [0, 0.05) is 47.8 Å². The first-order chi connectivity index (χ1) is 17.8. The number of ketones is 2. The van der Waals surface area contributed by atoms with Crippen molar-refractivity contribution in [3.05, 3.63) is 44.7 Å². The van der Waals surface area contributed by atoms with Gasteiger partial charge in [0.05, 0.1) is 11.1 Å². The summed E-state index contributed by atoms with van der Waals surface area (Å²) in [6, 6.07) is 3.65. The Hall–Kier alpha value is -2.61. The number of halogens is 1. The summed E-state index contributed by atoms with van der Waals surface area (Å²) in [6.45, 7) is 13.1. The van der Waals surface area contributed by atoms with Crippen molar-refractivity contribution < 1.29 is 29.0 Å². The van der Waals surface area contributed by atoms with Crippen LogP contribution in [0, 0.1) is 10.8 Å². The van der Waals surface area contributed by atoms with Crippen LogP contribution in [0.5, 0.6) is 11.5 Å². The molecule has 0 spiro atoms. The minimum absolute atomic E-state index is 0.0758. The molecule has 0 amide bonds. The number of aliphatic carboxylic acids is 1. The molecule has 0 saturated carbocycles. The fourth-order valence-electron chi connectivity index (χ4n) is 6.17. The summed E-state index contributed by atoms with van der Waals surface area (Å²) in [6.07, 6.45) is 3.26. The van der Waals surface area contributed by atoms with Gasteiger partial charge in [-0.15, -0.1) is 0 Å². The Balaban J connectivity index is 1.98. The zero-order chi connectivity index (χ0) is 28.0. The number of Topliss-reactive ketones (excluding diaryl/α,β-unsaturated/α-hetero) is 2. The quantitative estimate of drug-likeness (QED) is 0.375. The number of allylic oxidation sites excluding steroid dienone is 4. The molecule has 0 aromatic heterocycles. The van der Waals surface area contributed by atoms with Crippen LogP contribution >= 0.6 is 15.9 Å². The van der Waals surface area contributed by atoms with E-state index in [0.717, 1.165) is 42.8 Å². The Labute approximate surface area is 233 Å². The Morgan fingerprint density at radius 2 is 1.53 bits per heavy atom. The van der Waals surface area contributed by atoms with Crippen LogP contribution in [0.15, 0.2) is 39.1 Å². The van der Waals surface area contributed by atoms with Crippen molar-refractivity contribution in [2.24, 2.45) is 10.8 Å². The number of rotatable bonds is 8. The van der Waals surface area contributed by atoms with Crippen LogP contribution < -0.4 is 9.47 Å². The van der Waals surface area contributed by atoms with E-state index in [-0.39, 0.29) is 28.1 Å². The molecule has 0 bridgehead atoms. The summed E-state index contributed by atoms with van der Waals surface area (Å²) >= 11 is 3.55. The van der Waals surface area contributed by atoms with Crippen molar-refractivity contribution >= 4 is 33.5 Å². The molecule has 1 aromatic rings. The van der Waals surface area contributed by atoms with Crippen molar-refractivity contribution in [2.45, 2.75) is 79.6 Å². The maximum absolute atomic E-state index is 13.9. The lowest BCUT2D eigenvalue weighted by Gasteiger charge is -2.49. The molecule has 7 nitrogen and oxygen atoms in total. The fraction of sp³-hybridized carbons (Fsp3) is 0.567. The topological polar surface area (TPSA) is 93.1 Å². The predicted octanol–water partition coefficient (Wildman–Crippen LogP) is 6.41. The van der Waals surface area contributed by atoms with Crippen molar-refractivity contribution in [1.82, 2.24) is 4.90 Å². The second kappa shape index (κ2) is 10.5. The number of carbonyl (C=O) groups excluding carboxylic acids is 2. The van der Waals surface area contributed by atoms with Gasteiger partial charge in [0.15, 0.2) is 29.7 Å². The molecule has 1 aromatic carbocycles. The third-order valence-corrected chi connectivity index (χ3v) is 8.06. The van der Waals surface area contributed by atoms with E-state index in [4.69, 9.17) is 14.6 Å². The molecule has 38 heavy (non-hydrogen) atoms. The average molecular weight is 589 g/mol. The van der Waals surface area contributed by atoms with E-state index in [9.17, 15) is 14.4 Å². The van der Waals surface area contributed by atoms with Crippen molar-refractivity contribution in [2.75, 3.05) is 19.8 Å². The van der Waals surface area contributed by atoms with Gasteiger partial charge in [0.25, 0.3) is 0 Å². The molecule has 206 valence electrons. The van der Waals surface area contributed by atoms with Crippen LogP contribution in [0.3, 0.4) is 0 Å². The molecule has 4 rings (SSSR count). The van der Waals surface area contributed by atoms with Gasteiger partial charge in [0.2, 0.25) is 0 Å². The molecule has 0 unspecified atom stereocenters. The molecule has 1 N–H and O–H groups in total. The second-order valence-corrected chi connectivity index (χ2v) is 13.0. The SMILES string of the molecule is CCCN1C2=C(C(=O)CC(C)(C)C2)C(c2cc(Br)c(OCC(=O)O)c(OCC)c2)C2=C1CC(C)(C)CC2=O. The highest BCUT2D eigenvalue weighted by molar-refractivity contribution is 9.10. The molecule has 0 saturated heterocycles. The Kier molecular flexibility index (Phi) is 7.86. The lowest BCUT2D eigenvalue weighted by Crippen LogP contribution is -2.44. The number of carboxylic acids is 1. The van der Waals surface area contributed by atoms with Gasteiger partial charge in [-0.05, 0) is 70.6 Å². The molecule has 0 fully saturated rings. The van der Waals surface area contributed by atoms with Gasteiger partial charge in [-0.3, -0.25) is 9.59 Å². The lowest BCUT2D eigenvalue weighted by atomic mass is 9.63. The van der Waals surface area contributed by atoms with Crippen LogP contribution in [0.2, 0.25) is 0 Å². The van der Waals surface area contributed by atoms with E-state index in [0.29, 0.717) is 40.8 Å². The number of ether oxygens (including phenoxy) is 2. The summed E-state index contributed by atoms with van der Waals surface area (Å²) in [5.74, 6) is -0.784. The summed E-state index contributed by atoms with van der Waals surface area (Å²) in [5.41, 5.74) is 3.89. The monoisotopic (exact) mass is 587 g/mol. The standard InChI is InChI=1S/C30H38BrNO6/c1-7-9-32-19-12-29(3,4)14-21(33)26(19)25(27-20(32)13-30(5,6)15-22(27)34)17-10-18(31)28(38-16-24(35)36)23(11-17)37-8-2/h10-11,25H,7-9,12-16H2,1-6H3,(H,35,36). The Morgan fingerprint density at radius 3 is 2.00 bits per heavy atom. The van der Waals surface area contributed by atoms with Gasteiger partial charge < -0.3 is 19.5 Å². The zero-order valence-electron chi connectivity index (χ0n) is 23.2. The van der Waals surface area contributed by atoms with E-state index in [1.165, 1.54) is 0 Å². The minimum atomic E-state index is -1.10. The molecule has 0 atom stereocenters. The normalized spacial score (nSPS) is 20.9. The van der Waals surface area contributed by atoms with Crippen LogP contribution in [0.25, 0.3) is 0 Å². The molecule has 2 aliphatic carbocycles. The van der Waals surface area contributed by atoms with Gasteiger partial charge >= 0.3 is 5.97 Å². The first-order valence-corrected chi connectivity index (χ1v) is 14.2. The molecular formula is C30H38BrNO6. The molecule has 1 aliphatic heterocycles. The molecule has 0 radical (unpaired) electrons. The van der Waals surface area contributed by atoms with Crippen LogP contribution in [0.4, 0.5) is 0 Å². The Bertz CT molecular complexity index is 1190. The Morgan fingerprint density at radius 1 is 0.974 bits per heavy atom. The summed E-state index contributed by atoms with van der Waals surface area (Å²) < 4.78 is 11.9. The number of carboxylic acid groups (broad SMARTS) is 1. The molecule has 8 heteroatoms. The number of benzene rings is 1. The average Bonchev–Trinajstić information content (AvgIpc) is 2.77. The van der Waals surface area contributed by atoms with E-state index in [1.807, 2.05) is 13.0 Å². The molecular weight excluding hydrogens is 550 g/mol. The first kappa shape index (κ1) is 28.4. The smallest absolute Gasteiger partial charge is 0.341 e. The van der Waals surface area contributed by atoms with Crippen molar-refractivity contribution in [3.63, 3.8) is 0 Å². The maximum Gasteiger partial charge on any atom is 0.341 e. The number of nitrogens with zero attached hydrogens (tertiary/aromatic N) is 1.